The molecule has 1 atom stereocenters. The van der Waals surface area contributed by atoms with Crippen molar-refractivity contribution in [1.82, 2.24) is 0 Å². The molecule has 1 aromatic rings. The Balaban J connectivity index is 3.08. The van der Waals surface area contributed by atoms with Crippen molar-refractivity contribution in [2.45, 2.75) is 5.75 Å². The minimum Gasteiger partial charge on any atom is -0.772 e. The molecule has 1 N–H and O–H groups in total. The van der Waals surface area contributed by atoms with Crippen molar-refractivity contribution in [1.29, 1.82) is 0 Å². The SMILES string of the molecule is O=[N+]([O-])c1ccc(O)c(CS(=O)[O-])c1. The quantitative estimate of drug-likeness (QED) is 0.454. The monoisotopic (exact) mass is 216 g/mol. The summed E-state index contributed by atoms with van der Waals surface area (Å²) in [6.45, 7) is 0. The Kier molecular flexibility index (Phi) is 3.15. The lowest BCUT2D eigenvalue weighted by molar-refractivity contribution is -0.384. The molecule has 0 saturated heterocycles. The number of aromatic hydroxyl groups is 1. The van der Waals surface area contributed by atoms with E-state index >= 15 is 0 Å². The van der Waals surface area contributed by atoms with E-state index < -0.39 is 21.8 Å². The zero-order valence-corrected chi connectivity index (χ0v) is 7.69. The number of hydrogen-bond donors (Lipinski definition) is 1. The minimum atomic E-state index is -2.38. The van der Waals surface area contributed by atoms with Crippen molar-refractivity contribution in [2.75, 3.05) is 0 Å². The van der Waals surface area contributed by atoms with Crippen molar-refractivity contribution in [2.24, 2.45) is 0 Å². The van der Waals surface area contributed by atoms with Gasteiger partial charge in [0.2, 0.25) is 0 Å². The standard InChI is InChI=1S/C7H7NO5S/c9-7-2-1-6(8(10)11)3-5(7)4-14(12)13/h1-3,9H,4H2,(H,12,13)/p-1. The second-order valence-corrected chi connectivity index (χ2v) is 3.41. The van der Waals surface area contributed by atoms with Crippen molar-refractivity contribution in [3.63, 3.8) is 0 Å². The maximum absolute atomic E-state index is 10.3. The van der Waals surface area contributed by atoms with E-state index in [2.05, 4.69) is 0 Å². The van der Waals surface area contributed by atoms with Crippen LogP contribution in [0.2, 0.25) is 0 Å². The second kappa shape index (κ2) is 4.16. The Hall–Kier alpha value is -1.47. The summed E-state index contributed by atoms with van der Waals surface area (Å²) in [5, 5.41) is 19.5. The van der Waals surface area contributed by atoms with Gasteiger partial charge >= 0.3 is 0 Å². The Morgan fingerprint density at radius 2 is 2.14 bits per heavy atom. The van der Waals surface area contributed by atoms with Crippen LogP contribution in [0, 0.1) is 10.1 Å². The van der Waals surface area contributed by atoms with Crippen molar-refractivity contribution < 1.29 is 18.8 Å². The first kappa shape index (κ1) is 10.6. The van der Waals surface area contributed by atoms with E-state index in [4.69, 9.17) is 5.11 Å². The molecule has 0 saturated carbocycles. The van der Waals surface area contributed by atoms with Crippen LogP contribution >= 0.6 is 0 Å². The first-order chi connectivity index (χ1) is 6.50. The van der Waals surface area contributed by atoms with Crippen LogP contribution in [-0.2, 0) is 16.8 Å². The molecule has 0 aliphatic heterocycles. The number of nitro benzene ring substituents is 1. The normalized spacial score (nSPS) is 12.4. The Morgan fingerprint density at radius 3 is 2.64 bits per heavy atom. The van der Waals surface area contributed by atoms with Gasteiger partial charge in [-0.25, -0.2) is 0 Å². The summed E-state index contributed by atoms with van der Waals surface area (Å²) in [5.41, 5.74) is -0.226. The van der Waals surface area contributed by atoms with E-state index in [0.29, 0.717) is 0 Å². The maximum Gasteiger partial charge on any atom is 0.270 e. The summed E-state index contributed by atoms with van der Waals surface area (Å²) >= 11 is -2.38. The van der Waals surface area contributed by atoms with Gasteiger partial charge in [-0.1, -0.05) is 11.1 Å². The molecule has 0 aliphatic rings. The highest BCUT2D eigenvalue weighted by atomic mass is 32.2. The Labute approximate surface area is 81.6 Å². The van der Waals surface area contributed by atoms with E-state index in [1.807, 2.05) is 0 Å². The molecular weight excluding hydrogens is 210 g/mol. The lowest BCUT2D eigenvalue weighted by Gasteiger charge is -2.06. The van der Waals surface area contributed by atoms with Gasteiger partial charge in [0, 0.05) is 23.4 Å². The lowest BCUT2D eigenvalue weighted by atomic mass is 10.2. The molecule has 0 fully saturated rings. The van der Waals surface area contributed by atoms with Gasteiger partial charge < -0.3 is 9.66 Å². The molecule has 76 valence electrons. The summed E-state index contributed by atoms with van der Waals surface area (Å²) in [5.74, 6) is -0.701. The molecule has 1 aromatic carbocycles. The average Bonchev–Trinajstić information content (AvgIpc) is 2.07. The van der Waals surface area contributed by atoms with Crippen LogP contribution in [0.1, 0.15) is 5.56 Å². The van der Waals surface area contributed by atoms with Crippen molar-refractivity contribution >= 4 is 16.8 Å². The number of benzene rings is 1. The lowest BCUT2D eigenvalue weighted by Crippen LogP contribution is -1.96. The zero-order chi connectivity index (χ0) is 10.7. The van der Waals surface area contributed by atoms with Crippen LogP contribution in [0.15, 0.2) is 18.2 Å². The van der Waals surface area contributed by atoms with E-state index in [1.54, 1.807) is 0 Å². The average molecular weight is 216 g/mol. The number of phenols is 1. The van der Waals surface area contributed by atoms with Gasteiger partial charge in [-0.3, -0.25) is 14.3 Å². The fourth-order valence-corrected chi connectivity index (χ4v) is 1.41. The molecule has 0 aliphatic carbocycles. The molecule has 0 amide bonds. The molecule has 0 aromatic heterocycles. The highest BCUT2D eigenvalue weighted by Gasteiger charge is 2.09. The van der Waals surface area contributed by atoms with Gasteiger partial charge in [-0.2, -0.15) is 0 Å². The van der Waals surface area contributed by atoms with Crippen molar-refractivity contribution in [3.8, 4) is 5.75 Å². The summed E-state index contributed by atoms with van der Waals surface area (Å²) < 4.78 is 20.6. The Bertz CT molecular complexity index is 392. The number of rotatable bonds is 3. The van der Waals surface area contributed by atoms with E-state index in [-0.39, 0.29) is 17.0 Å². The van der Waals surface area contributed by atoms with Crippen molar-refractivity contribution in [3.05, 3.63) is 33.9 Å². The van der Waals surface area contributed by atoms with Crippen LogP contribution in [0.25, 0.3) is 0 Å². The van der Waals surface area contributed by atoms with E-state index in [0.717, 1.165) is 18.2 Å². The molecule has 1 unspecified atom stereocenters. The third kappa shape index (κ3) is 2.51. The summed E-state index contributed by atoms with van der Waals surface area (Å²) in [6, 6.07) is 3.23. The molecule has 6 nitrogen and oxygen atoms in total. The number of hydrogen-bond acceptors (Lipinski definition) is 5. The van der Waals surface area contributed by atoms with E-state index in [9.17, 15) is 18.9 Å². The predicted molar refractivity (Wildman–Crippen MR) is 47.4 cm³/mol. The smallest absolute Gasteiger partial charge is 0.270 e. The summed E-state index contributed by atoms with van der Waals surface area (Å²) in [6.07, 6.45) is 0. The van der Waals surface area contributed by atoms with E-state index in [1.165, 1.54) is 0 Å². The third-order valence-corrected chi connectivity index (χ3v) is 2.09. The first-order valence-electron chi connectivity index (χ1n) is 3.53. The number of nitro groups is 1. The van der Waals surface area contributed by atoms with Gasteiger partial charge in [-0.05, 0) is 6.07 Å². The third-order valence-electron chi connectivity index (χ3n) is 1.55. The molecule has 0 heterocycles. The molecule has 0 spiro atoms. The molecular formula is C7H6NO5S-. The fraction of sp³-hybridized carbons (Fsp3) is 0.143. The maximum atomic E-state index is 10.3. The highest BCUT2D eigenvalue weighted by molar-refractivity contribution is 7.78. The largest absolute Gasteiger partial charge is 0.772 e. The van der Waals surface area contributed by atoms with Crippen LogP contribution in [-0.4, -0.2) is 18.8 Å². The number of non-ortho nitro benzene ring substituents is 1. The highest BCUT2D eigenvalue weighted by Crippen LogP contribution is 2.23. The summed E-state index contributed by atoms with van der Waals surface area (Å²) in [7, 11) is 0. The molecule has 0 bridgehead atoms. The van der Waals surface area contributed by atoms with Gasteiger partial charge in [0.05, 0.1) is 4.92 Å². The Morgan fingerprint density at radius 1 is 1.50 bits per heavy atom. The van der Waals surface area contributed by atoms with Gasteiger partial charge in [0.15, 0.2) is 0 Å². The van der Waals surface area contributed by atoms with Gasteiger partial charge in [0.1, 0.15) is 5.75 Å². The molecule has 0 radical (unpaired) electrons. The van der Waals surface area contributed by atoms with Gasteiger partial charge in [0.25, 0.3) is 5.69 Å². The topological polar surface area (TPSA) is 104 Å². The predicted octanol–water partition coefficient (Wildman–Crippen LogP) is 0.679. The minimum absolute atomic E-state index is 0.0209. The van der Waals surface area contributed by atoms with Crippen LogP contribution in [0.3, 0.4) is 0 Å². The first-order valence-corrected chi connectivity index (χ1v) is 4.77. The van der Waals surface area contributed by atoms with Crippen LogP contribution in [0.5, 0.6) is 5.75 Å². The molecule has 14 heavy (non-hydrogen) atoms. The summed E-state index contributed by atoms with van der Waals surface area (Å²) in [4.78, 5) is 9.66. The molecule has 1 rings (SSSR count). The van der Waals surface area contributed by atoms with Crippen LogP contribution < -0.4 is 0 Å². The number of phenolic OH excluding ortho intramolecular Hbond substituents is 1. The van der Waals surface area contributed by atoms with Crippen LogP contribution in [0.4, 0.5) is 5.69 Å². The zero-order valence-electron chi connectivity index (χ0n) is 6.87. The molecule has 7 heteroatoms. The second-order valence-electron chi connectivity index (χ2n) is 2.52. The van der Waals surface area contributed by atoms with Gasteiger partial charge in [-0.15, -0.1) is 0 Å². The number of nitrogens with zero attached hydrogens (tertiary/aromatic N) is 1. The fourth-order valence-electron chi connectivity index (χ4n) is 0.928.